The predicted molar refractivity (Wildman–Crippen MR) is 34.0 cm³/mol. The van der Waals surface area contributed by atoms with Crippen molar-refractivity contribution in [2.24, 2.45) is 0 Å². The minimum Gasteiger partial charge on any atom is -0.160 e. The van der Waals surface area contributed by atoms with Crippen molar-refractivity contribution in [1.82, 2.24) is 4.68 Å². The van der Waals surface area contributed by atoms with Crippen LogP contribution in [0.4, 0.5) is 0 Å². The highest BCUT2D eigenvalue weighted by Gasteiger charge is 2.16. The first kappa shape index (κ1) is 5.03. The zero-order chi connectivity index (χ0) is 6.27. The topological polar surface area (TPSA) is 8.81 Å². The van der Waals surface area contributed by atoms with E-state index in [0.717, 1.165) is 0 Å². The SMILES string of the molecule is Cc1cn2[n+](c1)CCC2. The van der Waals surface area contributed by atoms with Gasteiger partial charge in [0.2, 0.25) is 0 Å². The molecule has 2 nitrogen and oxygen atoms in total. The van der Waals surface area contributed by atoms with E-state index in [1.807, 2.05) is 0 Å². The zero-order valence-corrected chi connectivity index (χ0v) is 5.67. The molecule has 0 bridgehead atoms. The summed E-state index contributed by atoms with van der Waals surface area (Å²) in [7, 11) is 0. The molecule has 2 rings (SSSR count). The molecule has 0 radical (unpaired) electrons. The molecule has 1 aromatic heterocycles. The van der Waals surface area contributed by atoms with E-state index in [9.17, 15) is 0 Å². The van der Waals surface area contributed by atoms with Gasteiger partial charge in [0.15, 0.2) is 12.7 Å². The molecule has 9 heavy (non-hydrogen) atoms. The molecule has 1 aliphatic heterocycles. The molecule has 1 aromatic rings. The van der Waals surface area contributed by atoms with Crippen LogP contribution in [0.2, 0.25) is 0 Å². The fraction of sp³-hybridized carbons (Fsp3) is 0.571. The third-order valence-corrected chi connectivity index (χ3v) is 1.81. The van der Waals surface area contributed by atoms with E-state index in [4.69, 9.17) is 0 Å². The highest BCUT2D eigenvalue weighted by Crippen LogP contribution is 2.00. The molecule has 0 aromatic carbocycles. The Labute approximate surface area is 54.7 Å². The van der Waals surface area contributed by atoms with Crippen LogP contribution in [0.3, 0.4) is 0 Å². The van der Waals surface area contributed by atoms with Gasteiger partial charge >= 0.3 is 0 Å². The average Bonchev–Trinajstić information content (AvgIpc) is 2.22. The summed E-state index contributed by atoms with van der Waals surface area (Å²) in [6.07, 6.45) is 5.71. The smallest absolute Gasteiger partial charge is 0.160 e. The van der Waals surface area contributed by atoms with Crippen molar-refractivity contribution in [3.05, 3.63) is 18.0 Å². The summed E-state index contributed by atoms with van der Waals surface area (Å²) >= 11 is 0. The molecule has 0 saturated carbocycles. The average molecular weight is 123 g/mol. The molecule has 0 aliphatic carbocycles. The van der Waals surface area contributed by atoms with Crippen LogP contribution in [0.25, 0.3) is 0 Å². The highest BCUT2D eigenvalue weighted by molar-refractivity contribution is 4.95. The van der Waals surface area contributed by atoms with Crippen LogP contribution in [0.5, 0.6) is 0 Å². The number of fused-ring (bicyclic) bond motifs is 1. The lowest BCUT2D eigenvalue weighted by atomic mass is 10.4. The van der Waals surface area contributed by atoms with Gasteiger partial charge in [0.05, 0.1) is 12.7 Å². The van der Waals surface area contributed by atoms with E-state index in [-0.39, 0.29) is 0 Å². The van der Waals surface area contributed by atoms with Crippen molar-refractivity contribution in [2.75, 3.05) is 0 Å². The van der Waals surface area contributed by atoms with E-state index in [2.05, 4.69) is 28.7 Å². The summed E-state index contributed by atoms with van der Waals surface area (Å²) in [4.78, 5) is 0. The van der Waals surface area contributed by atoms with Crippen LogP contribution in [0.15, 0.2) is 12.4 Å². The van der Waals surface area contributed by atoms with Gasteiger partial charge in [0.1, 0.15) is 0 Å². The molecule has 2 heterocycles. The Bertz CT molecular complexity index is 203. The number of hydrogen-bond acceptors (Lipinski definition) is 0. The van der Waals surface area contributed by atoms with Gasteiger partial charge < -0.3 is 0 Å². The lowest BCUT2D eigenvalue weighted by Gasteiger charge is -1.82. The molecule has 48 valence electrons. The second kappa shape index (κ2) is 1.59. The maximum atomic E-state index is 2.27. The van der Waals surface area contributed by atoms with Gasteiger partial charge in [-0.05, 0) is 6.92 Å². The van der Waals surface area contributed by atoms with Crippen molar-refractivity contribution in [1.29, 1.82) is 0 Å². The van der Waals surface area contributed by atoms with Gasteiger partial charge in [-0.3, -0.25) is 0 Å². The van der Waals surface area contributed by atoms with Crippen LogP contribution in [0, 0.1) is 6.92 Å². The number of aryl methyl sites for hydroxylation is 3. The summed E-state index contributed by atoms with van der Waals surface area (Å²) in [5.74, 6) is 0. The van der Waals surface area contributed by atoms with E-state index in [0.29, 0.717) is 0 Å². The molecule has 0 unspecified atom stereocenters. The summed E-state index contributed by atoms with van der Waals surface area (Å²) in [5, 5.41) is 0. The maximum Gasteiger partial charge on any atom is 0.198 e. The van der Waals surface area contributed by atoms with Gasteiger partial charge in [-0.25, -0.2) is 0 Å². The molecule has 0 atom stereocenters. The summed E-state index contributed by atoms with van der Waals surface area (Å²) in [6.45, 7) is 4.54. The molecule has 0 spiro atoms. The van der Waals surface area contributed by atoms with Crippen molar-refractivity contribution >= 4 is 0 Å². The largest absolute Gasteiger partial charge is 0.198 e. The molecule has 0 amide bonds. The van der Waals surface area contributed by atoms with Crippen LogP contribution in [-0.2, 0) is 13.1 Å². The quantitative estimate of drug-likeness (QED) is 0.444. The molecule has 0 saturated heterocycles. The van der Waals surface area contributed by atoms with Crippen molar-refractivity contribution < 1.29 is 4.68 Å². The normalized spacial score (nSPS) is 16.1. The number of hydrogen-bond donors (Lipinski definition) is 0. The first-order valence-electron chi connectivity index (χ1n) is 3.43. The summed E-state index contributed by atoms with van der Waals surface area (Å²) in [5.41, 5.74) is 1.37. The first-order chi connectivity index (χ1) is 4.36. The Hall–Kier alpha value is -0.790. The number of nitrogens with zero attached hydrogens (tertiary/aromatic N) is 2. The molecular weight excluding hydrogens is 112 g/mol. The van der Waals surface area contributed by atoms with Crippen LogP contribution in [-0.4, -0.2) is 4.68 Å². The zero-order valence-electron chi connectivity index (χ0n) is 5.67. The molecule has 0 N–H and O–H groups in total. The Kier molecular flexibility index (Phi) is 0.891. The van der Waals surface area contributed by atoms with Gasteiger partial charge in [-0.15, -0.1) is 4.68 Å². The number of aromatic nitrogens is 2. The Morgan fingerprint density at radius 1 is 1.67 bits per heavy atom. The third kappa shape index (κ3) is 0.661. The van der Waals surface area contributed by atoms with Crippen molar-refractivity contribution in [3.8, 4) is 0 Å². The van der Waals surface area contributed by atoms with Gasteiger partial charge in [-0.1, -0.05) is 0 Å². The molecule has 0 fully saturated rings. The Balaban J connectivity index is 2.51. The molecule has 2 heteroatoms. The summed E-state index contributed by atoms with van der Waals surface area (Å²) < 4.78 is 4.55. The van der Waals surface area contributed by atoms with E-state index in [1.165, 1.54) is 25.1 Å². The second-order valence-corrected chi connectivity index (χ2v) is 2.68. The lowest BCUT2D eigenvalue weighted by molar-refractivity contribution is -0.757. The predicted octanol–water partition coefficient (Wildman–Crippen LogP) is 0.488. The highest BCUT2D eigenvalue weighted by atomic mass is 15.4. The first-order valence-corrected chi connectivity index (χ1v) is 3.43. The Morgan fingerprint density at radius 3 is 3.33 bits per heavy atom. The van der Waals surface area contributed by atoms with E-state index < -0.39 is 0 Å². The third-order valence-electron chi connectivity index (χ3n) is 1.81. The fourth-order valence-corrected chi connectivity index (χ4v) is 1.43. The van der Waals surface area contributed by atoms with E-state index in [1.54, 1.807) is 0 Å². The minimum atomic E-state index is 1.20. The van der Waals surface area contributed by atoms with Crippen LogP contribution in [0.1, 0.15) is 12.0 Å². The van der Waals surface area contributed by atoms with Gasteiger partial charge in [-0.2, -0.15) is 4.68 Å². The minimum absolute atomic E-state index is 1.20. The molecular formula is C7H11N2+. The van der Waals surface area contributed by atoms with Crippen LogP contribution < -0.4 is 4.68 Å². The van der Waals surface area contributed by atoms with E-state index >= 15 is 0 Å². The van der Waals surface area contributed by atoms with Gasteiger partial charge in [0, 0.05) is 12.0 Å². The standard InChI is InChI=1S/C7H11N2/c1-7-5-8-3-2-4-9(8)6-7/h5-6H,2-4H2,1H3/q+1. The maximum absolute atomic E-state index is 2.27. The second-order valence-electron chi connectivity index (χ2n) is 2.68. The number of rotatable bonds is 0. The summed E-state index contributed by atoms with van der Waals surface area (Å²) in [6, 6.07) is 0. The molecule has 1 aliphatic rings. The monoisotopic (exact) mass is 123 g/mol. The van der Waals surface area contributed by atoms with Gasteiger partial charge in [0.25, 0.3) is 0 Å². The fourth-order valence-electron chi connectivity index (χ4n) is 1.43. The van der Waals surface area contributed by atoms with Crippen molar-refractivity contribution in [2.45, 2.75) is 26.4 Å². The lowest BCUT2D eigenvalue weighted by Crippen LogP contribution is -2.35. The van der Waals surface area contributed by atoms with Crippen molar-refractivity contribution in [3.63, 3.8) is 0 Å². The Morgan fingerprint density at radius 2 is 2.56 bits per heavy atom. The van der Waals surface area contributed by atoms with Crippen LogP contribution >= 0.6 is 0 Å².